The summed E-state index contributed by atoms with van der Waals surface area (Å²) in [5, 5.41) is 2.74. The number of hydrogen-bond acceptors (Lipinski definition) is 4. The van der Waals surface area contributed by atoms with E-state index in [1.54, 1.807) is 18.0 Å². The van der Waals surface area contributed by atoms with Crippen LogP contribution in [0.1, 0.15) is 23.0 Å². The Hall–Kier alpha value is -0.990. The smallest absolute Gasteiger partial charge is 0.263 e. The van der Waals surface area contributed by atoms with E-state index in [0.717, 1.165) is 10.1 Å². The van der Waals surface area contributed by atoms with Gasteiger partial charge in [0.25, 0.3) is 5.91 Å². The van der Waals surface area contributed by atoms with Gasteiger partial charge >= 0.3 is 0 Å². The van der Waals surface area contributed by atoms with Crippen molar-refractivity contribution in [3.63, 3.8) is 0 Å². The minimum absolute atomic E-state index is 0.0919. The Morgan fingerprint density at radius 1 is 1.80 bits per heavy atom. The van der Waals surface area contributed by atoms with Crippen molar-refractivity contribution < 1.29 is 4.79 Å². The highest BCUT2D eigenvalue weighted by molar-refractivity contribution is 8.01. The second-order valence-electron chi connectivity index (χ2n) is 2.63. The third-order valence-corrected chi connectivity index (χ3v) is 3.57. The van der Waals surface area contributed by atoms with Crippen LogP contribution in [-0.2, 0) is 0 Å². The lowest BCUT2D eigenvalue weighted by molar-refractivity contribution is 0.0958. The number of aromatic nitrogens is 1. The van der Waals surface area contributed by atoms with Crippen molar-refractivity contribution in [2.45, 2.75) is 17.7 Å². The predicted molar refractivity (Wildman–Crippen MR) is 64.3 cm³/mol. The Morgan fingerprint density at radius 3 is 3.27 bits per heavy atom. The lowest BCUT2D eigenvalue weighted by Crippen LogP contribution is -2.23. The zero-order valence-corrected chi connectivity index (χ0v) is 10.1. The first-order valence-electron chi connectivity index (χ1n) is 4.58. The van der Waals surface area contributed by atoms with E-state index >= 15 is 0 Å². The van der Waals surface area contributed by atoms with E-state index < -0.39 is 0 Å². The summed E-state index contributed by atoms with van der Waals surface area (Å²) in [6, 6.07) is 0. The minimum atomic E-state index is -0.0919. The van der Waals surface area contributed by atoms with Crippen molar-refractivity contribution in [2.75, 3.05) is 12.3 Å². The molecule has 0 aliphatic heterocycles. The summed E-state index contributed by atoms with van der Waals surface area (Å²) in [5.74, 6) is 3.34. The molecule has 0 radical (unpaired) electrons. The number of thioether (sulfide) groups is 1. The van der Waals surface area contributed by atoms with Crippen LogP contribution in [0.4, 0.5) is 0 Å². The molecule has 1 heterocycles. The molecule has 1 aromatic rings. The minimum Gasteiger partial charge on any atom is -0.350 e. The van der Waals surface area contributed by atoms with Crippen molar-refractivity contribution in [1.29, 1.82) is 0 Å². The van der Waals surface area contributed by atoms with E-state index in [0.29, 0.717) is 17.8 Å². The van der Waals surface area contributed by atoms with Gasteiger partial charge in [-0.1, -0.05) is 18.7 Å². The standard InChI is InChI=1S/C10H12N2OS2/c1-3-5-6-11-9(13)8-7-12-10(15-8)14-4-2/h1,7H,4-6H2,2H3,(H,11,13). The molecule has 1 aromatic heterocycles. The normalized spacial score (nSPS) is 9.60. The van der Waals surface area contributed by atoms with Crippen LogP contribution in [0, 0.1) is 12.3 Å². The average molecular weight is 240 g/mol. The van der Waals surface area contributed by atoms with Crippen LogP contribution in [0.2, 0.25) is 0 Å². The highest BCUT2D eigenvalue weighted by atomic mass is 32.2. The lowest BCUT2D eigenvalue weighted by atomic mass is 10.4. The number of nitrogens with zero attached hydrogens (tertiary/aromatic N) is 1. The summed E-state index contributed by atoms with van der Waals surface area (Å²) in [6.45, 7) is 2.57. The van der Waals surface area contributed by atoms with Crippen LogP contribution < -0.4 is 5.32 Å². The Morgan fingerprint density at radius 2 is 2.60 bits per heavy atom. The molecule has 0 aliphatic carbocycles. The first-order chi connectivity index (χ1) is 7.27. The fourth-order valence-electron chi connectivity index (χ4n) is 0.889. The predicted octanol–water partition coefficient (Wildman–Crippen LogP) is 2.01. The number of rotatable bonds is 5. The van der Waals surface area contributed by atoms with E-state index in [1.807, 2.05) is 0 Å². The molecule has 0 fully saturated rings. The fourth-order valence-corrected chi connectivity index (χ4v) is 2.69. The molecule has 0 saturated heterocycles. The van der Waals surface area contributed by atoms with Gasteiger partial charge in [0.1, 0.15) is 4.88 Å². The van der Waals surface area contributed by atoms with Crippen molar-refractivity contribution in [3.8, 4) is 12.3 Å². The maximum Gasteiger partial charge on any atom is 0.263 e. The highest BCUT2D eigenvalue weighted by Crippen LogP contribution is 2.23. The van der Waals surface area contributed by atoms with E-state index in [1.165, 1.54) is 11.3 Å². The van der Waals surface area contributed by atoms with E-state index in [2.05, 4.69) is 23.1 Å². The van der Waals surface area contributed by atoms with E-state index in [4.69, 9.17) is 6.42 Å². The number of amides is 1. The molecule has 80 valence electrons. The van der Waals surface area contributed by atoms with Gasteiger partial charge < -0.3 is 5.32 Å². The zero-order valence-electron chi connectivity index (χ0n) is 8.45. The number of hydrogen-bond donors (Lipinski definition) is 1. The molecule has 15 heavy (non-hydrogen) atoms. The first-order valence-corrected chi connectivity index (χ1v) is 6.38. The van der Waals surface area contributed by atoms with E-state index in [9.17, 15) is 4.79 Å². The molecule has 0 saturated carbocycles. The van der Waals surface area contributed by atoms with Crippen molar-refractivity contribution in [3.05, 3.63) is 11.1 Å². The number of terminal acetylenes is 1. The molecule has 0 aliphatic rings. The molecule has 1 N–H and O–H groups in total. The molecular weight excluding hydrogens is 228 g/mol. The van der Waals surface area contributed by atoms with Crippen LogP contribution in [0.5, 0.6) is 0 Å². The molecule has 0 aromatic carbocycles. The second-order valence-corrected chi connectivity index (χ2v) is 5.18. The topological polar surface area (TPSA) is 42.0 Å². The maximum atomic E-state index is 11.5. The summed E-state index contributed by atoms with van der Waals surface area (Å²) in [5.41, 5.74) is 0. The van der Waals surface area contributed by atoms with Gasteiger partial charge in [-0.2, -0.15) is 0 Å². The van der Waals surface area contributed by atoms with Gasteiger partial charge in [-0.3, -0.25) is 4.79 Å². The fraction of sp³-hybridized carbons (Fsp3) is 0.400. The van der Waals surface area contributed by atoms with Gasteiger partial charge in [-0.05, 0) is 5.75 Å². The molecule has 0 spiro atoms. The van der Waals surface area contributed by atoms with Crippen LogP contribution in [0.3, 0.4) is 0 Å². The van der Waals surface area contributed by atoms with Crippen LogP contribution in [0.15, 0.2) is 10.5 Å². The highest BCUT2D eigenvalue weighted by Gasteiger charge is 2.09. The van der Waals surface area contributed by atoms with Gasteiger partial charge in [-0.25, -0.2) is 4.98 Å². The number of carbonyl (C=O) groups excluding carboxylic acids is 1. The molecule has 0 atom stereocenters. The number of thiazole rings is 1. The first kappa shape index (κ1) is 12.1. The van der Waals surface area contributed by atoms with Gasteiger partial charge in [-0.15, -0.1) is 23.7 Å². The van der Waals surface area contributed by atoms with Gasteiger partial charge in [0.15, 0.2) is 4.34 Å². The average Bonchev–Trinajstić information content (AvgIpc) is 2.67. The second kappa shape index (κ2) is 6.49. The number of carbonyl (C=O) groups is 1. The van der Waals surface area contributed by atoms with Crippen molar-refractivity contribution >= 4 is 29.0 Å². The summed E-state index contributed by atoms with van der Waals surface area (Å²) in [7, 11) is 0. The number of nitrogens with one attached hydrogen (secondary N) is 1. The van der Waals surface area contributed by atoms with Crippen molar-refractivity contribution in [2.24, 2.45) is 0 Å². The Kier molecular flexibility index (Phi) is 5.22. The van der Waals surface area contributed by atoms with Crippen molar-refractivity contribution in [1.82, 2.24) is 10.3 Å². The van der Waals surface area contributed by atoms with Gasteiger partial charge in [0.2, 0.25) is 0 Å². The summed E-state index contributed by atoms with van der Waals surface area (Å²) < 4.78 is 0.930. The third kappa shape index (κ3) is 3.94. The van der Waals surface area contributed by atoms with E-state index in [-0.39, 0.29) is 5.91 Å². The Balaban J connectivity index is 2.47. The molecule has 0 unspecified atom stereocenters. The molecule has 5 heteroatoms. The van der Waals surface area contributed by atoms with Crippen LogP contribution in [0.25, 0.3) is 0 Å². The third-order valence-electron chi connectivity index (χ3n) is 1.53. The largest absolute Gasteiger partial charge is 0.350 e. The molecule has 1 rings (SSSR count). The molecule has 0 bridgehead atoms. The van der Waals surface area contributed by atoms with Crippen LogP contribution in [-0.4, -0.2) is 23.2 Å². The molecule has 3 nitrogen and oxygen atoms in total. The summed E-state index contributed by atoms with van der Waals surface area (Å²) in [6.07, 6.45) is 7.24. The Bertz CT molecular complexity index is 368. The maximum absolute atomic E-state index is 11.5. The monoisotopic (exact) mass is 240 g/mol. The quantitative estimate of drug-likeness (QED) is 0.486. The summed E-state index contributed by atoms with van der Waals surface area (Å²) >= 11 is 3.05. The summed E-state index contributed by atoms with van der Waals surface area (Å²) in [4.78, 5) is 16.3. The lowest BCUT2D eigenvalue weighted by Gasteiger charge is -1.98. The van der Waals surface area contributed by atoms with Crippen LogP contribution >= 0.6 is 23.1 Å². The molecular formula is C10H12N2OS2. The molecule has 1 amide bonds. The SMILES string of the molecule is C#CCCNC(=O)c1cnc(SCC)s1. The van der Waals surface area contributed by atoms with Gasteiger partial charge in [0.05, 0.1) is 6.20 Å². The zero-order chi connectivity index (χ0) is 11.1. The van der Waals surface area contributed by atoms with Gasteiger partial charge in [0, 0.05) is 13.0 Å². The Labute approximate surface area is 97.7 Å².